The molecule has 0 aromatic heterocycles. The molecular formula is C17H13F5N2O3. The van der Waals surface area contributed by atoms with Crippen LogP contribution in [0.25, 0.3) is 0 Å². The molecule has 0 unspecified atom stereocenters. The molecule has 0 saturated carbocycles. The lowest BCUT2D eigenvalue weighted by atomic mass is 10.1. The van der Waals surface area contributed by atoms with Crippen molar-refractivity contribution in [1.82, 2.24) is 5.32 Å². The lowest BCUT2D eigenvalue weighted by Gasteiger charge is -2.09. The van der Waals surface area contributed by atoms with Crippen molar-refractivity contribution in [3.05, 3.63) is 59.4 Å². The molecule has 27 heavy (non-hydrogen) atoms. The Morgan fingerprint density at radius 3 is 2.22 bits per heavy atom. The number of carbonyl (C=O) groups excluding carboxylic acids is 2. The Hall–Kier alpha value is -3.17. The number of anilines is 1. The minimum atomic E-state index is -2.96. The third-order valence-electron chi connectivity index (χ3n) is 3.27. The van der Waals surface area contributed by atoms with Gasteiger partial charge in [0, 0.05) is 0 Å². The summed E-state index contributed by atoms with van der Waals surface area (Å²) in [6.07, 6.45) is -0.151. The number of halogens is 5. The molecule has 144 valence electrons. The Kier molecular flexibility index (Phi) is 6.69. The summed E-state index contributed by atoms with van der Waals surface area (Å²) in [7, 11) is 0. The number of amides is 2. The summed E-state index contributed by atoms with van der Waals surface area (Å²) in [5, 5.41) is 4.25. The molecular weight excluding hydrogens is 375 g/mol. The summed E-state index contributed by atoms with van der Waals surface area (Å²) in [4.78, 5) is 23.4. The Morgan fingerprint density at radius 1 is 0.926 bits per heavy atom. The minimum absolute atomic E-state index is 0.0675. The highest BCUT2D eigenvalue weighted by Gasteiger charge is 2.15. The standard InChI is InChI=1S/C17H13F5N2O3/c18-11-5-6-12(16(20)15(11)19)24-14(26)8-23-13(25)7-9-1-3-10(4-2-9)27-17(21)22/h1-6,17H,7-8H2,(H,23,25)(H,24,26). The fourth-order valence-electron chi connectivity index (χ4n) is 2.03. The lowest BCUT2D eigenvalue weighted by Crippen LogP contribution is -2.34. The Labute approximate surface area is 150 Å². The predicted octanol–water partition coefficient (Wildman–Crippen LogP) is 3.00. The third-order valence-corrected chi connectivity index (χ3v) is 3.27. The van der Waals surface area contributed by atoms with Crippen molar-refractivity contribution in [3.8, 4) is 5.75 Å². The van der Waals surface area contributed by atoms with Gasteiger partial charge in [-0.15, -0.1) is 0 Å². The van der Waals surface area contributed by atoms with Gasteiger partial charge in [-0.2, -0.15) is 8.78 Å². The Bertz CT molecular complexity index is 828. The van der Waals surface area contributed by atoms with Crippen molar-refractivity contribution >= 4 is 17.5 Å². The summed E-state index contributed by atoms with van der Waals surface area (Å²) in [6.45, 7) is -3.50. The van der Waals surface area contributed by atoms with E-state index in [0.29, 0.717) is 11.6 Å². The molecule has 0 aliphatic heterocycles. The van der Waals surface area contributed by atoms with E-state index in [0.717, 1.165) is 6.07 Å². The molecule has 10 heteroatoms. The van der Waals surface area contributed by atoms with Crippen LogP contribution >= 0.6 is 0 Å². The summed E-state index contributed by atoms with van der Waals surface area (Å²) in [5.74, 6) is -6.17. The third kappa shape index (κ3) is 5.94. The Balaban J connectivity index is 1.83. The maximum Gasteiger partial charge on any atom is 0.387 e. The average Bonchev–Trinajstić information content (AvgIpc) is 2.62. The van der Waals surface area contributed by atoms with E-state index in [1.165, 1.54) is 24.3 Å². The first kappa shape index (κ1) is 20.1. The monoisotopic (exact) mass is 388 g/mol. The SMILES string of the molecule is O=C(Cc1ccc(OC(F)F)cc1)NCC(=O)Nc1ccc(F)c(F)c1F. The summed E-state index contributed by atoms with van der Waals surface area (Å²) in [5.41, 5.74) is -0.0936. The largest absolute Gasteiger partial charge is 0.435 e. The molecule has 0 heterocycles. The lowest BCUT2D eigenvalue weighted by molar-refractivity contribution is -0.123. The number of nitrogens with one attached hydrogen (secondary N) is 2. The van der Waals surface area contributed by atoms with Crippen molar-refractivity contribution in [1.29, 1.82) is 0 Å². The van der Waals surface area contributed by atoms with E-state index in [-0.39, 0.29) is 12.2 Å². The second-order valence-corrected chi connectivity index (χ2v) is 5.25. The van der Waals surface area contributed by atoms with Crippen LogP contribution in [-0.4, -0.2) is 25.0 Å². The van der Waals surface area contributed by atoms with E-state index in [1.807, 2.05) is 5.32 Å². The molecule has 0 aliphatic carbocycles. The van der Waals surface area contributed by atoms with Gasteiger partial charge in [-0.05, 0) is 29.8 Å². The maximum atomic E-state index is 13.4. The predicted molar refractivity (Wildman–Crippen MR) is 84.7 cm³/mol. The summed E-state index contributed by atoms with van der Waals surface area (Å²) < 4.78 is 67.6. The van der Waals surface area contributed by atoms with Crippen LogP contribution in [0, 0.1) is 17.5 Å². The van der Waals surface area contributed by atoms with E-state index in [1.54, 1.807) is 0 Å². The first-order valence-corrected chi connectivity index (χ1v) is 7.50. The maximum absolute atomic E-state index is 13.4. The van der Waals surface area contributed by atoms with Crippen LogP contribution in [0.2, 0.25) is 0 Å². The van der Waals surface area contributed by atoms with Crippen molar-refractivity contribution in [3.63, 3.8) is 0 Å². The molecule has 0 fully saturated rings. The highest BCUT2D eigenvalue weighted by atomic mass is 19.3. The van der Waals surface area contributed by atoms with E-state index in [2.05, 4.69) is 10.1 Å². The first-order chi connectivity index (χ1) is 12.8. The topological polar surface area (TPSA) is 67.4 Å². The zero-order chi connectivity index (χ0) is 20.0. The van der Waals surface area contributed by atoms with Gasteiger partial charge < -0.3 is 15.4 Å². The molecule has 2 aromatic carbocycles. The molecule has 2 amide bonds. The van der Waals surface area contributed by atoms with Crippen molar-refractivity contribution in [2.45, 2.75) is 13.0 Å². The number of benzene rings is 2. The van der Waals surface area contributed by atoms with Gasteiger partial charge in [-0.25, -0.2) is 13.2 Å². The molecule has 0 atom stereocenters. The highest BCUT2D eigenvalue weighted by molar-refractivity contribution is 5.94. The number of carbonyl (C=O) groups is 2. The van der Waals surface area contributed by atoms with Crippen LogP contribution in [0.5, 0.6) is 5.75 Å². The smallest absolute Gasteiger partial charge is 0.387 e. The molecule has 2 aromatic rings. The first-order valence-electron chi connectivity index (χ1n) is 7.50. The zero-order valence-corrected chi connectivity index (χ0v) is 13.6. The highest BCUT2D eigenvalue weighted by Crippen LogP contribution is 2.19. The molecule has 0 radical (unpaired) electrons. The molecule has 0 spiro atoms. The van der Waals surface area contributed by atoms with Crippen LogP contribution in [0.4, 0.5) is 27.6 Å². The number of rotatable bonds is 7. The second kappa shape index (κ2) is 8.97. The number of alkyl halides is 2. The summed E-state index contributed by atoms with van der Waals surface area (Å²) >= 11 is 0. The van der Waals surface area contributed by atoms with Crippen LogP contribution in [0.15, 0.2) is 36.4 Å². The molecule has 0 saturated heterocycles. The van der Waals surface area contributed by atoms with Gasteiger partial charge in [-0.1, -0.05) is 12.1 Å². The quantitative estimate of drug-likeness (QED) is 0.566. The van der Waals surface area contributed by atoms with Gasteiger partial charge in [-0.3, -0.25) is 9.59 Å². The minimum Gasteiger partial charge on any atom is -0.435 e. The van der Waals surface area contributed by atoms with Gasteiger partial charge in [0.1, 0.15) is 5.75 Å². The average molecular weight is 388 g/mol. The number of hydrogen-bond acceptors (Lipinski definition) is 3. The molecule has 5 nitrogen and oxygen atoms in total. The van der Waals surface area contributed by atoms with E-state index < -0.39 is 48.1 Å². The van der Waals surface area contributed by atoms with E-state index >= 15 is 0 Å². The molecule has 0 aliphatic rings. The van der Waals surface area contributed by atoms with Gasteiger partial charge in [0.15, 0.2) is 17.5 Å². The number of hydrogen-bond donors (Lipinski definition) is 2. The van der Waals surface area contributed by atoms with Gasteiger partial charge in [0.05, 0.1) is 18.7 Å². The fourth-order valence-corrected chi connectivity index (χ4v) is 2.03. The van der Waals surface area contributed by atoms with Crippen LogP contribution < -0.4 is 15.4 Å². The zero-order valence-electron chi connectivity index (χ0n) is 13.6. The summed E-state index contributed by atoms with van der Waals surface area (Å²) in [6, 6.07) is 6.80. The second-order valence-electron chi connectivity index (χ2n) is 5.25. The van der Waals surface area contributed by atoms with Crippen LogP contribution in [0.1, 0.15) is 5.56 Å². The van der Waals surface area contributed by atoms with E-state index in [9.17, 15) is 31.5 Å². The van der Waals surface area contributed by atoms with Crippen molar-refractivity contribution < 1.29 is 36.3 Å². The van der Waals surface area contributed by atoms with E-state index in [4.69, 9.17) is 0 Å². The van der Waals surface area contributed by atoms with Gasteiger partial charge in [0.2, 0.25) is 11.8 Å². The van der Waals surface area contributed by atoms with Crippen LogP contribution in [0.3, 0.4) is 0 Å². The normalized spacial score (nSPS) is 10.6. The Morgan fingerprint density at radius 2 is 1.59 bits per heavy atom. The molecule has 2 rings (SSSR count). The fraction of sp³-hybridized carbons (Fsp3) is 0.176. The number of ether oxygens (including phenoxy) is 1. The van der Waals surface area contributed by atoms with Crippen LogP contribution in [-0.2, 0) is 16.0 Å². The van der Waals surface area contributed by atoms with Gasteiger partial charge in [0.25, 0.3) is 0 Å². The molecule has 2 N–H and O–H groups in total. The van der Waals surface area contributed by atoms with Crippen molar-refractivity contribution in [2.24, 2.45) is 0 Å². The molecule has 0 bridgehead atoms. The van der Waals surface area contributed by atoms with Gasteiger partial charge >= 0.3 is 6.61 Å². The van der Waals surface area contributed by atoms with Crippen molar-refractivity contribution in [2.75, 3.05) is 11.9 Å².